The van der Waals surface area contributed by atoms with E-state index in [0.29, 0.717) is 0 Å². The van der Waals surface area contributed by atoms with Gasteiger partial charge in [-0.15, -0.1) is 0 Å². The third-order valence-corrected chi connectivity index (χ3v) is 2.85. The number of thiocyanates is 1. The van der Waals surface area contributed by atoms with Gasteiger partial charge in [-0.2, -0.15) is 5.26 Å². The van der Waals surface area contributed by atoms with Crippen molar-refractivity contribution < 1.29 is 9.47 Å². The average Bonchev–Trinajstić information content (AvgIpc) is 2.34. The lowest BCUT2D eigenvalue weighted by molar-refractivity contribution is 0.354. The molecule has 3 nitrogen and oxygen atoms in total. The van der Waals surface area contributed by atoms with E-state index in [-0.39, 0.29) is 0 Å². The van der Waals surface area contributed by atoms with Crippen LogP contribution >= 0.6 is 11.8 Å². The summed E-state index contributed by atoms with van der Waals surface area (Å²) in [6.07, 6.45) is 1.95. The van der Waals surface area contributed by atoms with Gasteiger partial charge in [-0.25, -0.2) is 0 Å². The van der Waals surface area contributed by atoms with Crippen molar-refractivity contribution in [3.05, 3.63) is 23.8 Å². The normalized spacial score (nSPS) is 9.56. The number of rotatable bonds is 6. The molecule has 0 heterocycles. The molecule has 0 aliphatic carbocycles. The van der Waals surface area contributed by atoms with Crippen molar-refractivity contribution in [3.63, 3.8) is 0 Å². The first kappa shape index (κ1) is 12.7. The van der Waals surface area contributed by atoms with Gasteiger partial charge >= 0.3 is 0 Å². The summed E-state index contributed by atoms with van der Waals surface area (Å²) in [5.74, 6) is 2.37. The van der Waals surface area contributed by atoms with Crippen molar-refractivity contribution in [3.8, 4) is 16.9 Å². The van der Waals surface area contributed by atoms with E-state index in [4.69, 9.17) is 14.7 Å². The van der Waals surface area contributed by atoms with Gasteiger partial charge < -0.3 is 9.47 Å². The van der Waals surface area contributed by atoms with E-state index in [1.54, 1.807) is 14.2 Å². The summed E-state index contributed by atoms with van der Waals surface area (Å²) in [5.41, 5.74) is 1.20. The van der Waals surface area contributed by atoms with E-state index in [9.17, 15) is 0 Å². The second-order valence-electron chi connectivity index (χ2n) is 3.23. The quantitative estimate of drug-likeness (QED) is 0.563. The molecule has 86 valence electrons. The summed E-state index contributed by atoms with van der Waals surface area (Å²) in [4.78, 5) is 0. The zero-order chi connectivity index (χ0) is 11.8. The van der Waals surface area contributed by atoms with Crippen molar-refractivity contribution in [1.82, 2.24) is 0 Å². The SMILES string of the molecule is COc1ccc(CCCSC#N)cc1OC. The maximum atomic E-state index is 8.39. The summed E-state index contributed by atoms with van der Waals surface area (Å²) in [7, 11) is 3.26. The molecule has 4 heteroatoms. The van der Waals surface area contributed by atoms with Crippen LogP contribution in [-0.2, 0) is 6.42 Å². The molecule has 0 amide bonds. The van der Waals surface area contributed by atoms with E-state index in [2.05, 4.69) is 5.40 Å². The van der Waals surface area contributed by atoms with Gasteiger partial charge in [-0.1, -0.05) is 6.07 Å². The predicted molar refractivity (Wildman–Crippen MR) is 65.9 cm³/mol. The van der Waals surface area contributed by atoms with E-state index >= 15 is 0 Å². The van der Waals surface area contributed by atoms with Crippen LogP contribution in [0.4, 0.5) is 0 Å². The van der Waals surface area contributed by atoms with E-state index in [1.165, 1.54) is 17.3 Å². The number of hydrogen-bond acceptors (Lipinski definition) is 4. The molecule has 0 unspecified atom stereocenters. The molecule has 0 saturated carbocycles. The largest absolute Gasteiger partial charge is 0.493 e. The highest BCUT2D eigenvalue weighted by molar-refractivity contribution is 8.03. The van der Waals surface area contributed by atoms with E-state index in [1.807, 2.05) is 18.2 Å². The minimum absolute atomic E-state index is 0.748. The standard InChI is InChI=1S/C12H15NO2S/c1-14-11-6-5-10(8-12(11)15-2)4-3-7-16-9-13/h5-6,8H,3-4,7H2,1-2H3. The van der Waals surface area contributed by atoms with Gasteiger partial charge in [-0.05, 0) is 42.3 Å². The lowest BCUT2D eigenvalue weighted by Gasteiger charge is -2.09. The number of nitriles is 1. The van der Waals surface area contributed by atoms with Crippen LogP contribution < -0.4 is 9.47 Å². The number of nitrogens with zero attached hydrogens (tertiary/aromatic N) is 1. The van der Waals surface area contributed by atoms with Gasteiger partial charge in [0.25, 0.3) is 0 Å². The van der Waals surface area contributed by atoms with Crippen molar-refractivity contribution in [2.45, 2.75) is 12.8 Å². The van der Waals surface area contributed by atoms with Crippen LogP contribution in [0.15, 0.2) is 18.2 Å². The highest BCUT2D eigenvalue weighted by Crippen LogP contribution is 2.28. The summed E-state index contributed by atoms with van der Waals surface area (Å²) >= 11 is 1.29. The van der Waals surface area contributed by atoms with E-state index < -0.39 is 0 Å². The average molecular weight is 237 g/mol. The minimum atomic E-state index is 0.748. The third-order valence-electron chi connectivity index (χ3n) is 2.22. The molecule has 16 heavy (non-hydrogen) atoms. The van der Waals surface area contributed by atoms with Crippen LogP contribution in [0.5, 0.6) is 11.5 Å². The summed E-state index contributed by atoms with van der Waals surface area (Å²) in [6.45, 7) is 0. The Hall–Kier alpha value is -1.34. The Morgan fingerprint density at radius 3 is 2.62 bits per heavy atom. The Balaban J connectivity index is 2.58. The highest BCUT2D eigenvalue weighted by atomic mass is 32.2. The molecule has 1 aromatic rings. The van der Waals surface area contributed by atoms with E-state index in [0.717, 1.165) is 30.1 Å². The topological polar surface area (TPSA) is 42.2 Å². The summed E-state index contributed by atoms with van der Waals surface area (Å²) < 4.78 is 10.4. The molecule has 1 aromatic carbocycles. The predicted octanol–water partition coefficient (Wildman–Crippen LogP) is 2.85. The molecule has 0 atom stereocenters. The molecule has 0 spiro atoms. The smallest absolute Gasteiger partial charge is 0.160 e. The Kier molecular flexibility index (Phi) is 5.58. The summed E-state index contributed by atoms with van der Waals surface area (Å²) in [6, 6.07) is 5.92. The minimum Gasteiger partial charge on any atom is -0.493 e. The number of aryl methyl sites for hydroxylation is 1. The number of methoxy groups -OCH3 is 2. The van der Waals surface area contributed by atoms with Gasteiger partial charge in [-0.3, -0.25) is 0 Å². The Morgan fingerprint density at radius 1 is 1.25 bits per heavy atom. The van der Waals surface area contributed by atoms with Crippen molar-refractivity contribution >= 4 is 11.8 Å². The monoisotopic (exact) mass is 237 g/mol. The van der Waals surface area contributed by atoms with Crippen molar-refractivity contribution in [1.29, 1.82) is 5.26 Å². The molecular formula is C12H15NO2S. The van der Waals surface area contributed by atoms with Crippen LogP contribution in [0.3, 0.4) is 0 Å². The maximum absolute atomic E-state index is 8.39. The third kappa shape index (κ3) is 3.67. The van der Waals surface area contributed by atoms with Crippen LogP contribution in [-0.4, -0.2) is 20.0 Å². The number of benzene rings is 1. The molecule has 0 radical (unpaired) electrons. The van der Waals surface area contributed by atoms with Gasteiger partial charge in [0.1, 0.15) is 5.40 Å². The number of hydrogen-bond donors (Lipinski definition) is 0. The lowest BCUT2D eigenvalue weighted by Crippen LogP contribution is -1.93. The number of thioether (sulfide) groups is 1. The molecule has 0 aliphatic rings. The van der Waals surface area contributed by atoms with Crippen LogP contribution in [0.1, 0.15) is 12.0 Å². The van der Waals surface area contributed by atoms with Crippen molar-refractivity contribution in [2.75, 3.05) is 20.0 Å². The highest BCUT2D eigenvalue weighted by Gasteiger charge is 2.04. The van der Waals surface area contributed by atoms with Crippen LogP contribution in [0.2, 0.25) is 0 Å². The first-order valence-corrected chi connectivity index (χ1v) is 6.02. The Bertz CT molecular complexity index is 374. The summed E-state index contributed by atoms with van der Waals surface area (Å²) in [5, 5.41) is 10.5. The zero-order valence-corrected chi connectivity index (χ0v) is 10.3. The molecular weight excluding hydrogens is 222 g/mol. The first-order chi connectivity index (χ1) is 7.81. The van der Waals surface area contributed by atoms with Gasteiger partial charge in [0.15, 0.2) is 11.5 Å². The molecule has 0 fully saturated rings. The number of ether oxygens (including phenoxy) is 2. The fourth-order valence-corrected chi connectivity index (χ4v) is 1.81. The Morgan fingerprint density at radius 2 is 2.00 bits per heavy atom. The second-order valence-corrected chi connectivity index (χ2v) is 4.11. The van der Waals surface area contributed by atoms with Gasteiger partial charge in [0.05, 0.1) is 14.2 Å². The van der Waals surface area contributed by atoms with Crippen LogP contribution in [0, 0.1) is 10.7 Å². The molecule has 0 bridgehead atoms. The Labute approximate surface area is 100 Å². The second kappa shape index (κ2) is 7.02. The van der Waals surface area contributed by atoms with Crippen molar-refractivity contribution in [2.24, 2.45) is 0 Å². The lowest BCUT2D eigenvalue weighted by atomic mass is 10.1. The molecule has 1 rings (SSSR count). The zero-order valence-electron chi connectivity index (χ0n) is 9.53. The maximum Gasteiger partial charge on any atom is 0.160 e. The molecule has 0 aliphatic heterocycles. The van der Waals surface area contributed by atoms with Gasteiger partial charge in [0.2, 0.25) is 0 Å². The fraction of sp³-hybridized carbons (Fsp3) is 0.417. The molecule has 0 N–H and O–H groups in total. The molecule has 0 aromatic heterocycles. The van der Waals surface area contributed by atoms with Crippen LogP contribution in [0.25, 0.3) is 0 Å². The first-order valence-electron chi connectivity index (χ1n) is 5.03. The fourth-order valence-electron chi connectivity index (χ4n) is 1.43. The van der Waals surface area contributed by atoms with Gasteiger partial charge in [0, 0.05) is 5.75 Å². The molecule has 0 saturated heterocycles.